The molecule has 1 unspecified atom stereocenters. The van der Waals surface area contributed by atoms with Crippen molar-refractivity contribution in [3.8, 4) is 0 Å². The summed E-state index contributed by atoms with van der Waals surface area (Å²) in [5, 5.41) is 18.1. The minimum absolute atomic E-state index is 0.158. The van der Waals surface area contributed by atoms with Gasteiger partial charge in [-0.1, -0.05) is 0 Å². The quantitative estimate of drug-likeness (QED) is 0.494. The molecular formula is C11H23NO5. The van der Waals surface area contributed by atoms with Gasteiger partial charge in [-0.25, -0.2) is 0 Å². The number of rotatable bonds is 11. The first-order valence-corrected chi connectivity index (χ1v) is 5.71. The summed E-state index contributed by atoms with van der Waals surface area (Å²) in [6, 6.07) is 0. The molecule has 0 radical (unpaired) electrons. The van der Waals surface area contributed by atoms with Crippen molar-refractivity contribution in [2.24, 2.45) is 0 Å². The van der Waals surface area contributed by atoms with E-state index in [0.29, 0.717) is 32.7 Å². The predicted molar refractivity (Wildman–Crippen MR) is 63.1 cm³/mol. The van der Waals surface area contributed by atoms with Gasteiger partial charge in [0.25, 0.3) is 0 Å². The number of aliphatic hydroxyl groups excluding tert-OH is 1. The fraction of sp³-hybridized carbons (Fsp3) is 0.909. The highest BCUT2D eigenvalue weighted by atomic mass is 16.5. The molecule has 0 aliphatic carbocycles. The van der Waals surface area contributed by atoms with Crippen LogP contribution in [0.15, 0.2) is 0 Å². The fourth-order valence-corrected chi connectivity index (χ4v) is 1.37. The third-order valence-corrected chi connectivity index (χ3v) is 2.19. The van der Waals surface area contributed by atoms with E-state index in [9.17, 15) is 9.90 Å². The average molecular weight is 249 g/mol. The van der Waals surface area contributed by atoms with Crippen LogP contribution in [0.4, 0.5) is 0 Å². The van der Waals surface area contributed by atoms with Crippen LogP contribution in [0, 0.1) is 0 Å². The molecule has 6 heteroatoms. The Kier molecular flexibility index (Phi) is 10.0. The molecule has 0 aromatic heterocycles. The van der Waals surface area contributed by atoms with Crippen LogP contribution in [0.25, 0.3) is 0 Å². The highest BCUT2D eigenvalue weighted by Gasteiger charge is 2.08. The molecule has 0 amide bonds. The molecule has 0 saturated heterocycles. The molecule has 0 aliphatic rings. The van der Waals surface area contributed by atoms with Gasteiger partial charge in [0.15, 0.2) is 0 Å². The molecule has 0 saturated carbocycles. The molecule has 0 aliphatic heterocycles. The molecule has 0 spiro atoms. The fourth-order valence-electron chi connectivity index (χ4n) is 1.37. The molecular weight excluding hydrogens is 226 g/mol. The van der Waals surface area contributed by atoms with E-state index in [1.165, 1.54) is 0 Å². The molecule has 0 fully saturated rings. The Morgan fingerprint density at radius 2 is 2.12 bits per heavy atom. The van der Waals surface area contributed by atoms with Crippen LogP contribution in [-0.2, 0) is 14.3 Å². The van der Waals surface area contributed by atoms with Gasteiger partial charge in [-0.2, -0.15) is 0 Å². The largest absolute Gasteiger partial charge is 0.481 e. The standard InChI is InChI=1S/C11H23NO5/c1-12(5-3-4-11(14)15)8-10(13)9-17-7-6-16-2/h10,13H,3-9H2,1-2H3,(H,14,15). The highest BCUT2D eigenvalue weighted by molar-refractivity contribution is 5.66. The molecule has 0 heterocycles. The van der Waals surface area contributed by atoms with Gasteiger partial charge >= 0.3 is 5.97 Å². The van der Waals surface area contributed by atoms with Crippen LogP contribution in [-0.4, -0.2) is 74.3 Å². The lowest BCUT2D eigenvalue weighted by Crippen LogP contribution is -2.33. The third-order valence-electron chi connectivity index (χ3n) is 2.19. The monoisotopic (exact) mass is 249 g/mol. The van der Waals surface area contributed by atoms with Crippen molar-refractivity contribution in [1.82, 2.24) is 4.90 Å². The zero-order valence-electron chi connectivity index (χ0n) is 10.6. The molecule has 1 atom stereocenters. The van der Waals surface area contributed by atoms with Crippen LogP contribution in [0.1, 0.15) is 12.8 Å². The minimum atomic E-state index is -0.790. The van der Waals surface area contributed by atoms with E-state index in [0.717, 1.165) is 0 Å². The van der Waals surface area contributed by atoms with Crippen LogP contribution in [0.3, 0.4) is 0 Å². The number of carboxylic acid groups (broad SMARTS) is 1. The number of hydrogen-bond acceptors (Lipinski definition) is 5. The molecule has 17 heavy (non-hydrogen) atoms. The summed E-state index contributed by atoms with van der Waals surface area (Å²) in [6.45, 7) is 2.39. The second-order valence-electron chi connectivity index (χ2n) is 3.98. The SMILES string of the molecule is COCCOCC(O)CN(C)CCCC(=O)O. The van der Waals surface area contributed by atoms with Crippen molar-refractivity contribution >= 4 is 5.97 Å². The van der Waals surface area contributed by atoms with Crippen LogP contribution >= 0.6 is 0 Å². The van der Waals surface area contributed by atoms with Crippen LogP contribution in [0.5, 0.6) is 0 Å². The average Bonchev–Trinajstić information content (AvgIpc) is 2.23. The summed E-state index contributed by atoms with van der Waals surface area (Å²) in [4.78, 5) is 12.2. The van der Waals surface area contributed by atoms with Gasteiger partial charge in [0.1, 0.15) is 0 Å². The van der Waals surface area contributed by atoms with Gasteiger partial charge in [-0.3, -0.25) is 4.79 Å². The number of carboxylic acids is 1. The van der Waals surface area contributed by atoms with Crippen molar-refractivity contribution < 1.29 is 24.5 Å². The smallest absolute Gasteiger partial charge is 0.303 e. The van der Waals surface area contributed by atoms with Gasteiger partial charge < -0.3 is 24.6 Å². The van der Waals surface area contributed by atoms with E-state index in [4.69, 9.17) is 14.6 Å². The van der Waals surface area contributed by atoms with Crippen molar-refractivity contribution in [1.29, 1.82) is 0 Å². The number of aliphatic hydroxyl groups is 1. The molecule has 2 N–H and O–H groups in total. The van der Waals surface area contributed by atoms with Crippen molar-refractivity contribution in [2.75, 3.05) is 47.1 Å². The first kappa shape index (κ1) is 16.3. The summed E-state index contributed by atoms with van der Waals surface area (Å²) in [6.07, 6.45) is 0.190. The summed E-state index contributed by atoms with van der Waals surface area (Å²) in [5.74, 6) is -0.790. The van der Waals surface area contributed by atoms with Crippen molar-refractivity contribution in [3.63, 3.8) is 0 Å². The number of carbonyl (C=O) groups is 1. The maximum absolute atomic E-state index is 10.3. The van der Waals surface area contributed by atoms with Gasteiger partial charge in [0.05, 0.1) is 25.9 Å². The second kappa shape index (κ2) is 10.5. The Morgan fingerprint density at radius 3 is 2.71 bits per heavy atom. The Hall–Kier alpha value is -0.690. The number of aliphatic carboxylic acids is 1. The molecule has 0 rings (SSSR count). The first-order chi connectivity index (χ1) is 8.06. The topological polar surface area (TPSA) is 79.2 Å². The van der Waals surface area contributed by atoms with E-state index in [2.05, 4.69) is 0 Å². The Labute approximate surface area is 102 Å². The molecule has 0 aromatic rings. The van der Waals surface area contributed by atoms with Gasteiger partial charge in [-0.05, 0) is 20.0 Å². The minimum Gasteiger partial charge on any atom is -0.481 e. The number of hydrogen-bond donors (Lipinski definition) is 2. The van der Waals surface area contributed by atoms with E-state index in [-0.39, 0.29) is 13.0 Å². The number of nitrogens with zero attached hydrogens (tertiary/aromatic N) is 1. The Bertz CT molecular complexity index is 200. The molecule has 0 bridgehead atoms. The predicted octanol–water partition coefficient (Wildman–Crippen LogP) is -0.193. The number of likely N-dealkylation sites (N-methyl/N-ethyl adjacent to an activating group) is 1. The third kappa shape index (κ3) is 11.6. The Balaban J connectivity index is 3.44. The van der Waals surface area contributed by atoms with Gasteiger partial charge in [0, 0.05) is 20.1 Å². The zero-order chi connectivity index (χ0) is 13.1. The number of ether oxygens (including phenoxy) is 2. The van der Waals surface area contributed by atoms with Crippen LogP contribution < -0.4 is 0 Å². The number of methoxy groups -OCH3 is 1. The maximum Gasteiger partial charge on any atom is 0.303 e. The van der Waals surface area contributed by atoms with E-state index < -0.39 is 12.1 Å². The Morgan fingerprint density at radius 1 is 1.41 bits per heavy atom. The summed E-state index contributed by atoms with van der Waals surface area (Å²) in [7, 11) is 3.44. The highest BCUT2D eigenvalue weighted by Crippen LogP contribution is 1.96. The van der Waals surface area contributed by atoms with Crippen LogP contribution in [0.2, 0.25) is 0 Å². The van der Waals surface area contributed by atoms with Crippen molar-refractivity contribution in [3.05, 3.63) is 0 Å². The lowest BCUT2D eigenvalue weighted by molar-refractivity contribution is -0.137. The molecule has 102 valence electrons. The summed E-state index contributed by atoms with van der Waals surface area (Å²) in [5.41, 5.74) is 0. The first-order valence-electron chi connectivity index (χ1n) is 5.71. The lowest BCUT2D eigenvalue weighted by atomic mass is 10.3. The van der Waals surface area contributed by atoms with Gasteiger partial charge in [-0.15, -0.1) is 0 Å². The summed E-state index contributed by atoms with van der Waals surface area (Å²) >= 11 is 0. The second-order valence-corrected chi connectivity index (χ2v) is 3.98. The maximum atomic E-state index is 10.3. The van der Waals surface area contributed by atoms with E-state index in [1.807, 2.05) is 11.9 Å². The van der Waals surface area contributed by atoms with Gasteiger partial charge in [0.2, 0.25) is 0 Å². The molecule has 6 nitrogen and oxygen atoms in total. The normalized spacial score (nSPS) is 12.9. The molecule has 0 aromatic carbocycles. The lowest BCUT2D eigenvalue weighted by Gasteiger charge is -2.20. The van der Waals surface area contributed by atoms with Crippen molar-refractivity contribution in [2.45, 2.75) is 18.9 Å². The summed E-state index contributed by atoms with van der Waals surface area (Å²) < 4.78 is 9.99. The zero-order valence-corrected chi connectivity index (χ0v) is 10.6. The van der Waals surface area contributed by atoms with E-state index in [1.54, 1.807) is 7.11 Å². The van der Waals surface area contributed by atoms with E-state index >= 15 is 0 Å².